The van der Waals surface area contributed by atoms with Gasteiger partial charge in [-0.3, -0.25) is 4.79 Å². The number of thiazole rings is 1. The minimum atomic E-state index is 0.286. The number of hydrogen-bond acceptors (Lipinski definition) is 4. The van der Waals surface area contributed by atoms with Gasteiger partial charge in [-0.15, -0.1) is 11.3 Å². The topological polar surface area (TPSA) is 69.6 Å². The second kappa shape index (κ2) is 10.1. The van der Waals surface area contributed by atoms with Crippen LogP contribution in [0.5, 0.6) is 0 Å². The summed E-state index contributed by atoms with van der Waals surface area (Å²) in [4.78, 5) is 22.9. The first kappa shape index (κ1) is 19.4. The number of guanidine groups is 1. The molecule has 1 aromatic carbocycles. The van der Waals surface area contributed by atoms with Crippen LogP contribution in [0.3, 0.4) is 0 Å². The molecule has 0 saturated carbocycles. The zero-order valence-corrected chi connectivity index (χ0v) is 16.6. The van der Waals surface area contributed by atoms with Crippen molar-refractivity contribution in [2.75, 3.05) is 26.2 Å². The Morgan fingerprint density at radius 1 is 1.30 bits per heavy atom. The highest BCUT2D eigenvalue weighted by molar-refractivity contribution is 7.09. The van der Waals surface area contributed by atoms with E-state index in [4.69, 9.17) is 0 Å². The number of hydrogen-bond donors (Lipinski definition) is 2. The average Bonchev–Trinajstić information content (AvgIpc) is 3.33. The van der Waals surface area contributed by atoms with Crippen molar-refractivity contribution in [1.29, 1.82) is 0 Å². The lowest BCUT2D eigenvalue weighted by Gasteiger charge is -2.16. The summed E-state index contributed by atoms with van der Waals surface area (Å²) >= 11 is 1.63. The van der Waals surface area contributed by atoms with Gasteiger partial charge in [0.2, 0.25) is 5.91 Å². The molecule has 1 aromatic heterocycles. The van der Waals surface area contributed by atoms with E-state index >= 15 is 0 Å². The molecule has 144 valence electrons. The quantitative estimate of drug-likeness (QED) is 0.416. The maximum atomic E-state index is 11.6. The van der Waals surface area contributed by atoms with Gasteiger partial charge in [0.15, 0.2) is 5.96 Å². The first-order chi connectivity index (χ1) is 13.3. The highest BCUT2D eigenvalue weighted by Gasteiger charge is 2.18. The third-order valence-electron chi connectivity index (χ3n) is 4.41. The number of amides is 1. The van der Waals surface area contributed by atoms with Gasteiger partial charge in [0.1, 0.15) is 5.01 Å². The zero-order chi connectivity index (χ0) is 18.9. The Labute approximate surface area is 164 Å². The molecule has 0 atom stereocenters. The molecule has 6 nitrogen and oxygen atoms in total. The van der Waals surface area contributed by atoms with Crippen molar-refractivity contribution in [3.05, 3.63) is 40.7 Å². The van der Waals surface area contributed by atoms with Crippen molar-refractivity contribution in [2.24, 2.45) is 4.99 Å². The molecule has 0 spiro atoms. The second-order valence-electron chi connectivity index (χ2n) is 6.45. The second-order valence-corrected chi connectivity index (χ2v) is 7.39. The van der Waals surface area contributed by atoms with Crippen LogP contribution in [-0.2, 0) is 11.3 Å². The fraction of sp³-hybridized carbons (Fsp3) is 0.450. The number of aromatic nitrogens is 1. The number of carbonyl (C=O) groups is 1. The van der Waals surface area contributed by atoms with Crippen LogP contribution in [0, 0.1) is 0 Å². The molecule has 1 amide bonds. The predicted octanol–water partition coefficient (Wildman–Crippen LogP) is 2.88. The Bertz CT molecular complexity index is 759. The van der Waals surface area contributed by atoms with Crippen LogP contribution in [0.4, 0.5) is 0 Å². The number of nitrogens with zero attached hydrogens (tertiary/aromatic N) is 3. The van der Waals surface area contributed by atoms with Crippen LogP contribution in [0.2, 0.25) is 0 Å². The number of aliphatic imine (C=N–C) groups is 1. The van der Waals surface area contributed by atoms with Gasteiger partial charge in [-0.25, -0.2) is 9.98 Å². The number of rotatable bonds is 8. The summed E-state index contributed by atoms with van der Waals surface area (Å²) < 4.78 is 0. The van der Waals surface area contributed by atoms with Crippen LogP contribution in [0.15, 0.2) is 40.7 Å². The molecule has 0 bridgehead atoms. The Hall–Kier alpha value is -2.41. The molecule has 2 N–H and O–H groups in total. The average molecular weight is 386 g/mol. The third kappa shape index (κ3) is 5.79. The molecule has 1 aliphatic heterocycles. The summed E-state index contributed by atoms with van der Waals surface area (Å²) in [6, 6.07) is 10.2. The van der Waals surface area contributed by atoms with Crippen LogP contribution in [0.25, 0.3) is 11.3 Å². The summed E-state index contributed by atoms with van der Waals surface area (Å²) in [6.45, 7) is 5.93. The number of benzene rings is 1. The normalized spacial score (nSPS) is 14.6. The van der Waals surface area contributed by atoms with Crippen molar-refractivity contribution in [2.45, 2.75) is 32.7 Å². The van der Waals surface area contributed by atoms with E-state index in [9.17, 15) is 4.79 Å². The Morgan fingerprint density at radius 2 is 2.15 bits per heavy atom. The van der Waals surface area contributed by atoms with Gasteiger partial charge in [-0.05, 0) is 19.8 Å². The van der Waals surface area contributed by atoms with Gasteiger partial charge < -0.3 is 15.5 Å². The SMILES string of the molecule is CCNC(=NCc1nc(-c2ccccc2)cs1)NCCCN1CCCC1=O. The van der Waals surface area contributed by atoms with Crippen LogP contribution in [-0.4, -0.2) is 47.9 Å². The van der Waals surface area contributed by atoms with Crippen LogP contribution in [0.1, 0.15) is 31.2 Å². The minimum absolute atomic E-state index is 0.286. The summed E-state index contributed by atoms with van der Waals surface area (Å²) in [5, 5.41) is 9.68. The summed E-state index contributed by atoms with van der Waals surface area (Å²) in [5.74, 6) is 1.08. The molecule has 0 radical (unpaired) electrons. The Kier molecular flexibility index (Phi) is 7.21. The van der Waals surface area contributed by atoms with Crippen LogP contribution < -0.4 is 10.6 Å². The molecule has 3 rings (SSSR count). The molecule has 2 heterocycles. The van der Waals surface area contributed by atoms with E-state index in [1.54, 1.807) is 11.3 Å². The molecule has 0 unspecified atom stereocenters. The smallest absolute Gasteiger partial charge is 0.222 e. The molecule has 0 aliphatic carbocycles. The number of likely N-dealkylation sites (tertiary alicyclic amines) is 1. The molecule has 2 aromatic rings. The van der Waals surface area contributed by atoms with Gasteiger partial charge in [0.25, 0.3) is 0 Å². The van der Waals surface area contributed by atoms with Crippen LogP contribution >= 0.6 is 11.3 Å². The van der Waals surface area contributed by atoms with Crippen molar-refractivity contribution in [3.8, 4) is 11.3 Å². The van der Waals surface area contributed by atoms with Gasteiger partial charge in [-0.2, -0.15) is 0 Å². The maximum Gasteiger partial charge on any atom is 0.222 e. The van der Waals surface area contributed by atoms with Gasteiger partial charge in [0, 0.05) is 43.5 Å². The van der Waals surface area contributed by atoms with Crippen molar-refractivity contribution < 1.29 is 4.79 Å². The molecule has 27 heavy (non-hydrogen) atoms. The largest absolute Gasteiger partial charge is 0.357 e. The number of carbonyl (C=O) groups excluding carboxylic acids is 1. The Balaban J connectivity index is 1.48. The minimum Gasteiger partial charge on any atom is -0.357 e. The van der Waals surface area contributed by atoms with Crippen molar-refractivity contribution in [1.82, 2.24) is 20.5 Å². The van der Waals surface area contributed by atoms with E-state index in [0.29, 0.717) is 13.0 Å². The van der Waals surface area contributed by atoms with E-state index in [1.165, 1.54) is 0 Å². The predicted molar refractivity (Wildman–Crippen MR) is 111 cm³/mol. The summed E-state index contributed by atoms with van der Waals surface area (Å²) in [5.41, 5.74) is 2.13. The maximum absolute atomic E-state index is 11.6. The molecule has 1 aliphatic rings. The van der Waals surface area contributed by atoms with Crippen molar-refractivity contribution >= 4 is 23.2 Å². The molecular formula is C20H27N5OS. The van der Waals surface area contributed by atoms with E-state index in [1.807, 2.05) is 23.1 Å². The van der Waals surface area contributed by atoms with Gasteiger partial charge in [-0.1, -0.05) is 30.3 Å². The first-order valence-electron chi connectivity index (χ1n) is 9.56. The van der Waals surface area contributed by atoms with E-state index < -0.39 is 0 Å². The van der Waals surface area contributed by atoms with Gasteiger partial charge in [0.05, 0.1) is 12.2 Å². The van der Waals surface area contributed by atoms with E-state index in [-0.39, 0.29) is 5.91 Å². The Morgan fingerprint density at radius 3 is 2.89 bits per heavy atom. The van der Waals surface area contributed by atoms with E-state index in [0.717, 1.165) is 61.2 Å². The fourth-order valence-corrected chi connectivity index (χ4v) is 3.76. The lowest BCUT2D eigenvalue weighted by molar-refractivity contribution is -0.127. The highest BCUT2D eigenvalue weighted by atomic mass is 32.1. The van der Waals surface area contributed by atoms with Gasteiger partial charge >= 0.3 is 0 Å². The molecular weight excluding hydrogens is 358 g/mol. The lowest BCUT2D eigenvalue weighted by Crippen LogP contribution is -2.39. The van der Waals surface area contributed by atoms with E-state index in [2.05, 4.69) is 45.0 Å². The standard InChI is InChI=1S/C20H27N5OS/c1-2-21-20(22-11-7-13-25-12-6-10-19(25)26)23-14-18-24-17(15-27-18)16-8-4-3-5-9-16/h3-5,8-9,15H,2,6-7,10-14H2,1H3,(H2,21,22,23). The highest BCUT2D eigenvalue weighted by Crippen LogP contribution is 2.21. The molecule has 7 heteroatoms. The molecule has 1 fully saturated rings. The summed E-state index contributed by atoms with van der Waals surface area (Å²) in [6.07, 6.45) is 2.62. The first-order valence-corrected chi connectivity index (χ1v) is 10.4. The lowest BCUT2D eigenvalue weighted by atomic mass is 10.2. The third-order valence-corrected chi connectivity index (χ3v) is 5.24. The fourth-order valence-electron chi connectivity index (χ4n) is 3.03. The summed E-state index contributed by atoms with van der Waals surface area (Å²) in [7, 11) is 0. The monoisotopic (exact) mass is 385 g/mol. The molecule has 1 saturated heterocycles. The zero-order valence-electron chi connectivity index (χ0n) is 15.8. The number of nitrogens with one attached hydrogen (secondary N) is 2. The van der Waals surface area contributed by atoms with Crippen molar-refractivity contribution in [3.63, 3.8) is 0 Å².